The summed E-state index contributed by atoms with van der Waals surface area (Å²) in [4.78, 5) is 15.2. The molecule has 3 nitrogen and oxygen atoms in total. The van der Waals surface area contributed by atoms with Crippen LogP contribution < -0.4 is 0 Å². The highest BCUT2D eigenvalue weighted by molar-refractivity contribution is 5.79. The third kappa shape index (κ3) is 2.12. The minimum atomic E-state index is -0.104. The van der Waals surface area contributed by atoms with E-state index in [0.29, 0.717) is 13.1 Å². The van der Waals surface area contributed by atoms with Crippen LogP contribution in [0.5, 0.6) is 0 Å². The van der Waals surface area contributed by atoms with Gasteiger partial charge < -0.3 is 4.90 Å². The Morgan fingerprint density at radius 1 is 1.43 bits per heavy atom. The molecular weight excluding hydrogens is 183 g/mol. The minimum Gasteiger partial charge on any atom is -0.341 e. The van der Waals surface area contributed by atoms with Crippen LogP contribution in [0.4, 0.5) is 4.39 Å². The number of hydrogen-bond acceptors (Lipinski definition) is 2. The summed E-state index contributed by atoms with van der Waals surface area (Å²) in [5.41, 5.74) is 0. The van der Waals surface area contributed by atoms with Gasteiger partial charge in [-0.1, -0.05) is 6.08 Å². The van der Waals surface area contributed by atoms with Crippen LogP contribution in [0.3, 0.4) is 0 Å². The summed E-state index contributed by atoms with van der Waals surface area (Å²) >= 11 is 0. The molecule has 0 unspecified atom stereocenters. The molecule has 1 amide bonds. The molecule has 0 atom stereocenters. The Labute approximate surface area is 83.2 Å². The van der Waals surface area contributed by atoms with Crippen LogP contribution in [0, 0.1) is 0 Å². The molecule has 14 heavy (non-hydrogen) atoms. The van der Waals surface area contributed by atoms with Crippen LogP contribution in [-0.4, -0.2) is 48.4 Å². The lowest BCUT2D eigenvalue weighted by molar-refractivity contribution is -0.135. The summed E-state index contributed by atoms with van der Waals surface area (Å²) in [5.74, 6) is 0.0404. The average Bonchev–Trinajstić information content (AvgIpc) is 1.99. The van der Waals surface area contributed by atoms with Crippen molar-refractivity contribution in [3.05, 3.63) is 11.9 Å². The fourth-order valence-electron chi connectivity index (χ4n) is 1.75. The lowest BCUT2D eigenvalue weighted by atomic mass is 10.2. The molecule has 0 aromatic carbocycles. The third-order valence-corrected chi connectivity index (χ3v) is 2.75. The molecular formula is C10H15FN2O. The van der Waals surface area contributed by atoms with Crippen LogP contribution in [0.1, 0.15) is 12.8 Å². The number of carbonyl (C=O) groups is 1. The van der Waals surface area contributed by atoms with Gasteiger partial charge in [0.25, 0.3) is 0 Å². The maximum absolute atomic E-state index is 12.9. The van der Waals surface area contributed by atoms with Crippen LogP contribution in [0.25, 0.3) is 0 Å². The van der Waals surface area contributed by atoms with Crippen LogP contribution >= 0.6 is 0 Å². The van der Waals surface area contributed by atoms with Gasteiger partial charge in [0.1, 0.15) is 5.83 Å². The summed E-state index contributed by atoms with van der Waals surface area (Å²) in [6, 6.07) is 0. The molecule has 2 aliphatic rings. The molecule has 0 aliphatic carbocycles. The molecule has 78 valence electrons. The Morgan fingerprint density at radius 3 is 2.79 bits per heavy atom. The average molecular weight is 198 g/mol. The number of likely N-dealkylation sites (tertiary alicyclic amines) is 1. The van der Waals surface area contributed by atoms with E-state index in [9.17, 15) is 9.18 Å². The lowest BCUT2D eigenvalue weighted by Gasteiger charge is -2.33. The molecule has 2 aliphatic heterocycles. The van der Waals surface area contributed by atoms with Crippen LogP contribution in [0.2, 0.25) is 0 Å². The van der Waals surface area contributed by atoms with Gasteiger partial charge >= 0.3 is 0 Å². The lowest BCUT2D eigenvalue weighted by Crippen LogP contribution is -2.47. The largest absolute Gasteiger partial charge is 0.341 e. The number of amides is 1. The summed E-state index contributed by atoms with van der Waals surface area (Å²) in [7, 11) is 0. The Hall–Kier alpha value is -0.900. The zero-order valence-electron chi connectivity index (χ0n) is 8.21. The summed E-state index contributed by atoms with van der Waals surface area (Å²) in [6.45, 7) is 3.24. The predicted molar refractivity (Wildman–Crippen MR) is 51.4 cm³/mol. The molecule has 4 heteroatoms. The van der Waals surface area contributed by atoms with Crippen molar-refractivity contribution in [3.8, 4) is 0 Å². The van der Waals surface area contributed by atoms with Gasteiger partial charge in [0, 0.05) is 19.6 Å². The van der Waals surface area contributed by atoms with Gasteiger partial charge in [0.2, 0.25) is 5.91 Å². The Morgan fingerprint density at radius 2 is 2.21 bits per heavy atom. The second kappa shape index (κ2) is 4.09. The Kier molecular flexibility index (Phi) is 2.82. The summed E-state index contributed by atoms with van der Waals surface area (Å²) in [6.07, 6.45) is 3.43. The van der Waals surface area contributed by atoms with Crippen molar-refractivity contribution in [2.75, 3.05) is 32.7 Å². The third-order valence-electron chi connectivity index (χ3n) is 2.75. The number of nitrogens with zero attached hydrogens (tertiary/aromatic N) is 2. The normalized spacial score (nSPS) is 22.9. The van der Waals surface area contributed by atoms with E-state index in [2.05, 4.69) is 0 Å². The summed E-state index contributed by atoms with van der Waals surface area (Å²) in [5, 5.41) is 0. The number of rotatable bonds is 2. The molecule has 0 aromatic rings. The molecule has 0 bridgehead atoms. The van der Waals surface area contributed by atoms with E-state index in [1.165, 1.54) is 0 Å². The fourth-order valence-corrected chi connectivity index (χ4v) is 1.75. The van der Waals surface area contributed by atoms with Gasteiger partial charge in [0.05, 0.1) is 13.1 Å². The first kappa shape index (κ1) is 9.65. The Bertz CT molecular complexity index is 261. The smallest absolute Gasteiger partial charge is 0.236 e. The molecule has 0 N–H and O–H groups in total. The highest BCUT2D eigenvalue weighted by Gasteiger charge is 2.23. The molecule has 1 fully saturated rings. The first-order valence-corrected chi connectivity index (χ1v) is 5.10. The molecule has 0 saturated carbocycles. The highest BCUT2D eigenvalue weighted by Crippen LogP contribution is 2.12. The number of halogens is 1. The van der Waals surface area contributed by atoms with Crippen molar-refractivity contribution in [2.24, 2.45) is 0 Å². The Balaban J connectivity index is 1.79. The fraction of sp³-hybridized carbons (Fsp3) is 0.700. The molecule has 0 aromatic heterocycles. The zero-order valence-corrected chi connectivity index (χ0v) is 8.21. The first-order chi connectivity index (χ1) is 6.75. The molecule has 0 radical (unpaired) electrons. The van der Waals surface area contributed by atoms with Gasteiger partial charge in [-0.3, -0.25) is 9.69 Å². The predicted octanol–water partition coefficient (Wildman–Crippen LogP) is 0.778. The van der Waals surface area contributed by atoms with Gasteiger partial charge in [-0.15, -0.1) is 0 Å². The van der Waals surface area contributed by atoms with Crippen molar-refractivity contribution in [3.63, 3.8) is 0 Å². The monoisotopic (exact) mass is 198 g/mol. The van der Waals surface area contributed by atoms with E-state index in [-0.39, 0.29) is 11.7 Å². The van der Waals surface area contributed by atoms with Crippen molar-refractivity contribution >= 4 is 5.91 Å². The highest BCUT2D eigenvalue weighted by atomic mass is 19.1. The molecule has 0 spiro atoms. The van der Waals surface area contributed by atoms with Gasteiger partial charge in [0.15, 0.2) is 0 Å². The van der Waals surface area contributed by atoms with Crippen molar-refractivity contribution in [2.45, 2.75) is 12.8 Å². The quantitative estimate of drug-likeness (QED) is 0.654. The maximum Gasteiger partial charge on any atom is 0.236 e. The molecule has 1 saturated heterocycles. The van der Waals surface area contributed by atoms with E-state index in [1.54, 1.807) is 6.08 Å². The number of hydrogen-bond donors (Lipinski definition) is 0. The summed E-state index contributed by atoms with van der Waals surface area (Å²) < 4.78 is 12.9. The SMILES string of the molecule is O=C(CN1CCC=C(F)C1)N1CCC1. The topological polar surface area (TPSA) is 23.6 Å². The molecule has 2 rings (SSSR count). The van der Waals surface area contributed by atoms with E-state index >= 15 is 0 Å². The maximum atomic E-state index is 12.9. The number of carbonyl (C=O) groups excluding carboxylic acids is 1. The second-order valence-corrected chi connectivity index (χ2v) is 3.88. The van der Waals surface area contributed by atoms with E-state index in [1.807, 2.05) is 9.80 Å². The minimum absolute atomic E-state index is 0.104. The second-order valence-electron chi connectivity index (χ2n) is 3.88. The van der Waals surface area contributed by atoms with E-state index in [4.69, 9.17) is 0 Å². The van der Waals surface area contributed by atoms with E-state index in [0.717, 1.165) is 32.5 Å². The van der Waals surface area contributed by atoms with E-state index < -0.39 is 0 Å². The molecule has 2 heterocycles. The van der Waals surface area contributed by atoms with Crippen molar-refractivity contribution < 1.29 is 9.18 Å². The van der Waals surface area contributed by atoms with Crippen molar-refractivity contribution in [1.82, 2.24) is 9.80 Å². The van der Waals surface area contributed by atoms with Gasteiger partial charge in [-0.05, 0) is 12.8 Å². The van der Waals surface area contributed by atoms with Gasteiger partial charge in [-0.2, -0.15) is 0 Å². The zero-order chi connectivity index (χ0) is 9.97. The van der Waals surface area contributed by atoms with Crippen LogP contribution in [0.15, 0.2) is 11.9 Å². The van der Waals surface area contributed by atoms with Crippen LogP contribution in [-0.2, 0) is 4.79 Å². The van der Waals surface area contributed by atoms with Gasteiger partial charge in [-0.25, -0.2) is 4.39 Å². The van der Waals surface area contributed by atoms with Crippen molar-refractivity contribution in [1.29, 1.82) is 0 Å². The standard InChI is InChI=1S/C10H15FN2O/c11-9-3-1-4-12(7-9)8-10(14)13-5-2-6-13/h3H,1-2,4-8H2. The first-order valence-electron chi connectivity index (χ1n) is 5.10.